The number of amidine groups is 1. The Balaban J connectivity index is 1.79. The van der Waals surface area contributed by atoms with Crippen LogP contribution < -0.4 is 4.90 Å². The smallest absolute Gasteiger partial charge is 0.316 e. The van der Waals surface area contributed by atoms with Crippen LogP contribution in [0.25, 0.3) is 0 Å². The minimum atomic E-state index is -0.950. The van der Waals surface area contributed by atoms with Crippen LogP contribution in [0.5, 0.6) is 0 Å². The summed E-state index contributed by atoms with van der Waals surface area (Å²) in [6.07, 6.45) is 1.10. The maximum absolute atomic E-state index is 11.5. The maximum atomic E-state index is 11.5. The van der Waals surface area contributed by atoms with E-state index in [1.165, 1.54) is 10.7 Å². The fraction of sp³-hybridized carbons (Fsp3) is 0.316. The van der Waals surface area contributed by atoms with Gasteiger partial charge in [-0.15, -0.1) is 0 Å². The van der Waals surface area contributed by atoms with Crippen molar-refractivity contribution >= 4 is 22.6 Å². The van der Waals surface area contributed by atoms with E-state index in [0.29, 0.717) is 6.54 Å². The number of hydrogen-bond acceptors (Lipinski definition) is 3. The van der Waals surface area contributed by atoms with E-state index in [9.17, 15) is 5.11 Å². The molecule has 4 rings (SSSR count). The molecule has 23 heavy (non-hydrogen) atoms. The molecule has 0 bridgehead atoms. The molecule has 118 valence electrons. The van der Waals surface area contributed by atoms with Gasteiger partial charge in [0.25, 0.3) is 5.72 Å². The first kappa shape index (κ1) is 14.8. The van der Waals surface area contributed by atoms with E-state index < -0.39 is 5.72 Å². The van der Waals surface area contributed by atoms with E-state index in [1.807, 2.05) is 42.1 Å². The summed E-state index contributed by atoms with van der Waals surface area (Å²) in [5.41, 5.74) is 2.42. The number of benzene rings is 2. The van der Waals surface area contributed by atoms with Crippen molar-refractivity contribution in [3.63, 3.8) is 0 Å². The third-order valence-electron chi connectivity index (χ3n) is 4.63. The Morgan fingerprint density at radius 1 is 1.09 bits per heavy atom. The first-order valence-corrected chi connectivity index (χ1v) is 9.06. The van der Waals surface area contributed by atoms with Gasteiger partial charge < -0.3 is 5.11 Å². The highest BCUT2D eigenvalue weighted by molar-refractivity contribution is 8.13. The Kier molecular flexibility index (Phi) is 3.66. The van der Waals surface area contributed by atoms with Crippen molar-refractivity contribution in [3.05, 3.63) is 65.7 Å². The molecule has 0 spiro atoms. The number of nitrogens with zero attached hydrogens (tertiary/aromatic N) is 2. The molecule has 0 fully saturated rings. The fourth-order valence-corrected chi connectivity index (χ4v) is 4.56. The van der Waals surface area contributed by atoms with Crippen LogP contribution >= 0.6 is 11.8 Å². The Morgan fingerprint density at radius 3 is 2.57 bits per heavy atom. The number of aliphatic hydroxyl groups is 1. The number of hydrogen-bond donors (Lipinski definition) is 1. The maximum Gasteiger partial charge on any atom is 0.316 e. The highest BCUT2D eigenvalue weighted by Gasteiger charge is 2.53. The van der Waals surface area contributed by atoms with Crippen molar-refractivity contribution in [2.24, 2.45) is 0 Å². The molecule has 4 heteroatoms. The third-order valence-corrected chi connectivity index (χ3v) is 5.82. The average Bonchev–Trinajstić information content (AvgIpc) is 2.91. The number of thioether (sulfide) groups is 1. The van der Waals surface area contributed by atoms with Crippen molar-refractivity contribution in [3.8, 4) is 0 Å². The quantitative estimate of drug-likeness (QED) is 0.859. The molecule has 0 unspecified atom stereocenters. The summed E-state index contributed by atoms with van der Waals surface area (Å²) in [4.78, 5) is 2.26. The van der Waals surface area contributed by atoms with Gasteiger partial charge in [-0.2, -0.15) is 0 Å². The highest BCUT2D eigenvalue weighted by Crippen LogP contribution is 2.37. The molecule has 0 aromatic heterocycles. The van der Waals surface area contributed by atoms with Gasteiger partial charge in [0.15, 0.2) is 6.54 Å². The van der Waals surface area contributed by atoms with Gasteiger partial charge in [0.05, 0.1) is 6.54 Å². The van der Waals surface area contributed by atoms with Crippen LogP contribution in [0.3, 0.4) is 0 Å². The summed E-state index contributed by atoms with van der Waals surface area (Å²) in [6.45, 7) is 3.57. The van der Waals surface area contributed by atoms with Crippen LogP contribution in [0, 0.1) is 6.92 Å². The molecule has 2 heterocycles. The standard InChI is InChI=1S/C19H21N2OS/c1-15-8-10-17(11-9-15)20-14-19(22,16-6-3-2-4-7-16)21-12-5-13-23-18(20)21/h2-4,6-11,22H,5,12-14H2,1H3/q+1/t19-/m1/s1. The van der Waals surface area contributed by atoms with Gasteiger partial charge >= 0.3 is 5.17 Å². The Labute approximate surface area is 141 Å². The highest BCUT2D eigenvalue weighted by atomic mass is 32.2. The number of β-amino-alcohol motifs (C(OH)–C–C–N with tert-alkyl or cyclic N) is 1. The first-order chi connectivity index (χ1) is 11.2. The molecule has 3 nitrogen and oxygen atoms in total. The van der Waals surface area contributed by atoms with Gasteiger partial charge in [0.1, 0.15) is 5.69 Å². The molecule has 0 saturated carbocycles. The zero-order valence-electron chi connectivity index (χ0n) is 13.3. The van der Waals surface area contributed by atoms with E-state index in [2.05, 4.69) is 40.7 Å². The summed E-state index contributed by atoms with van der Waals surface area (Å²) >= 11 is 1.85. The Hall–Kier alpha value is -1.78. The van der Waals surface area contributed by atoms with Gasteiger partial charge in [-0.05, 0) is 37.2 Å². The van der Waals surface area contributed by atoms with Crippen LogP contribution in [-0.4, -0.2) is 33.7 Å². The summed E-state index contributed by atoms with van der Waals surface area (Å²) in [7, 11) is 0. The van der Waals surface area contributed by atoms with Crippen LogP contribution in [0.15, 0.2) is 54.6 Å². The summed E-state index contributed by atoms with van der Waals surface area (Å²) in [6, 6.07) is 18.6. The van der Waals surface area contributed by atoms with Crippen LogP contribution in [-0.2, 0) is 5.72 Å². The Bertz CT molecular complexity index is 742. The molecule has 1 atom stereocenters. The normalized spacial score (nSPS) is 24.0. The zero-order chi connectivity index (χ0) is 15.9. The van der Waals surface area contributed by atoms with Crippen molar-refractivity contribution < 1.29 is 9.68 Å². The second-order valence-corrected chi connectivity index (χ2v) is 7.30. The molecule has 2 aromatic rings. The van der Waals surface area contributed by atoms with Crippen LogP contribution in [0.1, 0.15) is 17.5 Å². The lowest BCUT2D eigenvalue weighted by atomic mass is 10.0. The van der Waals surface area contributed by atoms with E-state index in [4.69, 9.17) is 0 Å². The largest absolute Gasteiger partial charge is 0.346 e. The Morgan fingerprint density at radius 2 is 1.83 bits per heavy atom. The van der Waals surface area contributed by atoms with Gasteiger partial charge in [-0.3, -0.25) is 0 Å². The molecule has 0 saturated heterocycles. The lowest BCUT2D eigenvalue weighted by Gasteiger charge is -2.24. The minimum absolute atomic E-state index is 0.572. The second kappa shape index (κ2) is 5.69. The molecular weight excluding hydrogens is 304 g/mol. The van der Waals surface area contributed by atoms with E-state index >= 15 is 0 Å². The fourth-order valence-electron chi connectivity index (χ4n) is 3.38. The first-order valence-electron chi connectivity index (χ1n) is 8.08. The summed E-state index contributed by atoms with van der Waals surface area (Å²) < 4.78 is 2.18. The summed E-state index contributed by atoms with van der Waals surface area (Å²) in [5.74, 6) is 1.11. The topological polar surface area (TPSA) is 26.5 Å². The third kappa shape index (κ3) is 2.46. The van der Waals surface area contributed by atoms with E-state index in [1.54, 1.807) is 0 Å². The number of rotatable bonds is 2. The molecule has 1 N–H and O–H groups in total. The predicted octanol–water partition coefficient (Wildman–Crippen LogP) is 3.17. The molecular formula is C19H21N2OS+. The van der Waals surface area contributed by atoms with Gasteiger partial charge in [-0.1, -0.05) is 48.0 Å². The second-order valence-electron chi connectivity index (χ2n) is 6.24. The molecule has 2 aliphatic heterocycles. The monoisotopic (exact) mass is 325 g/mol. The lowest BCUT2D eigenvalue weighted by Crippen LogP contribution is -2.41. The molecule has 0 radical (unpaired) electrons. The van der Waals surface area contributed by atoms with E-state index in [-0.39, 0.29) is 0 Å². The molecule has 2 aliphatic rings. The number of anilines is 1. The van der Waals surface area contributed by atoms with Gasteiger partial charge in [-0.25, -0.2) is 9.48 Å². The average molecular weight is 325 g/mol. The molecule has 0 amide bonds. The molecule has 0 aliphatic carbocycles. The van der Waals surface area contributed by atoms with Crippen molar-refractivity contribution in [2.75, 3.05) is 23.7 Å². The summed E-state index contributed by atoms with van der Waals surface area (Å²) in [5, 5.41) is 12.7. The van der Waals surface area contributed by atoms with Crippen molar-refractivity contribution in [2.45, 2.75) is 19.1 Å². The van der Waals surface area contributed by atoms with Gasteiger partial charge in [0.2, 0.25) is 0 Å². The van der Waals surface area contributed by atoms with E-state index in [0.717, 1.165) is 30.0 Å². The zero-order valence-corrected chi connectivity index (χ0v) is 14.1. The SMILES string of the molecule is Cc1ccc(N2C[C@@](O)(c3ccccc3)[N+]3=C2SCCC3)cc1. The molecule has 2 aromatic carbocycles. The van der Waals surface area contributed by atoms with Crippen LogP contribution in [0.2, 0.25) is 0 Å². The van der Waals surface area contributed by atoms with Gasteiger partial charge in [0, 0.05) is 11.3 Å². The number of aryl methyl sites for hydroxylation is 1. The lowest BCUT2D eigenvalue weighted by molar-refractivity contribution is -0.656. The van der Waals surface area contributed by atoms with Crippen LogP contribution in [0.4, 0.5) is 5.69 Å². The van der Waals surface area contributed by atoms with Crippen molar-refractivity contribution in [1.82, 2.24) is 0 Å². The van der Waals surface area contributed by atoms with Crippen molar-refractivity contribution in [1.29, 1.82) is 0 Å². The predicted molar refractivity (Wildman–Crippen MR) is 96.1 cm³/mol. The minimum Gasteiger partial charge on any atom is -0.346 e.